The lowest BCUT2D eigenvalue weighted by atomic mass is 9.83. The fourth-order valence-electron chi connectivity index (χ4n) is 3.55. The third kappa shape index (κ3) is 4.35. The van der Waals surface area contributed by atoms with Gasteiger partial charge in [-0.15, -0.1) is 0 Å². The molecular weight excluding hydrogens is 314 g/mol. The molecule has 7 nitrogen and oxygen atoms in total. The molecule has 25 heavy (non-hydrogen) atoms. The smallest absolute Gasteiger partial charge is 0.229 e. The molecule has 1 unspecified atom stereocenters. The van der Waals surface area contributed by atoms with E-state index in [1.165, 1.54) is 38.3 Å². The molecule has 0 saturated heterocycles. The van der Waals surface area contributed by atoms with Crippen LogP contribution in [0.15, 0.2) is 18.6 Å². The molecule has 7 heteroatoms. The predicted octanol–water partition coefficient (Wildman–Crippen LogP) is 3.97. The summed E-state index contributed by atoms with van der Waals surface area (Å²) in [6, 6.07) is 0.389. The number of rotatable bonds is 7. The topological polar surface area (TPSA) is 91.5 Å². The highest BCUT2D eigenvalue weighted by atomic mass is 15.3. The van der Waals surface area contributed by atoms with Crippen LogP contribution in [0.4, 0.5) is 17.5 Å². The van der Waals surface area contributed by atoms with Gasteiger partial charge in [0.25, 0.3) is 0 Å². The van der Waals surface area contributed by atoms with E-state index >= 15 is 0 Å². The van der Waals surface area contributed by atoms with Crippen molar-refractivity contribution in [2.24, 2.45) is 13.0 Å². The Labute approximate surface area is 150 Å². The van der Waals surface area contributed by atoms with Crippen molar-refractivity contribution in [3.8, 4) is 0 Å². The first-order valence-corrected chi connectivity index (χ1v) is 9.09. The summed E-state index contributed by atoms with van der Waals surface area (Å²) in [7, 11) is 1.87. The summed E-state index contributed by atoms with van der Waals surface area (Å²) in [5, 5.41) is 18.5. The second-order valence-corrected chi connectivity index (χ2v) is 6.73. The van der Waals surface area contributed by atoms with Gasteiger partial charge >= 0.3 is 0 Å². The molecule has 1 saturated carbocycles. The van der Waals surface area contributed by atoms with Crippen LogP contribution in [0, 0.1) is 11.3 Å². The fourth-order valence-corrected chi connectivity index (χ4v) is 3.55. The van der Waals surface area contributed by atoms with E-state index in [-0.39, 0.29) is 1.43 Å². The minimum absolute atomic E-state index is 0. The molecule has 136 valence electrons. The van der Waals surface area contributed by atoms with Gasteiger partial charge in [-0.2, -0.15) is 10.1 Å². The summed E-state index contributed by atoms with van der Waals surface area (Å²) < 4.78 is 1.73. The number of nitrogens with zero attached hydrogens (tertiary/aromatic N) is 4. The lowest BCUT2D eigenvalue weighted by molar-refractivity contribution is 0.312. The highest BCUT2D eigenvalue weighted by Crippen LogP contribution is 2.30. The van der Waals surface area contributed by atoms with Crippen LogP contribution in [-0.2, 0) is 7.05 Å². The lowest BCUT2D eigenvalue weighted by Gasteiger charge is -2.31. The minimum Gasteiger partial charge on any atom is -0.366 e. The van der Waals surface area contributed by atoms with Crippen molar-refractivity contribution in [2.75, 3.05) is 10.6 Å². The average molecular weight is 343 g/mol. The zero-order valence-electron chi connectivity index (χ0n) is 15.0. The van der Waals surface area contributed by atoms with Crippen molar-refractivity contribution < 1.29 is 1.43 Å². The van der Waals surface area contributed by atoms with E-state index < -0.39 is 0 Å². The number of anilines is 3. The second kappa shape index (κ2) is 8.09. The van der Waals surface area contributed by atoms with Crippen LogP contribution in [0.25, 0.3) is 0 Å². The number of hydrogen-bond donors (Lipinski definition) is 3. The quantitative estimate of drug-likeness (QED) is 0.662. The summed E-state index contributed by atoms with van der Waals surface area (Å²) in [5.74, 6) is 1.93. The van der Waals surface area contributed by atoms with Gasteiger partial charge in [0.2, 0.25) is 5.95 Å². The van der Waals surface area contributed by atoms with Gasteiger partial charge in [-0.1, -0.05) is 26.2 Å². The van der Waals surface area contributed by atoms with Crippen molar-refractivity contribution in [3.05, 3.63) is 24.2 Å². The van der Waals surface area contributed by atoms with Crippen molar-refractivity contribution in [2.45, 2.75) is 51.5 Å². The summed E-state index contributed by atoms with van der Waals surface area (Å²) in [6.07, 6.45) is 14.2. The summed E-state index contributed by atoms with van der Waals surface area (Å²) in [4.78, 5) is 8.92. The standard InChI is InChI=1S/C18H27N7.H2/c1-3-16(13-7-5-4-6-8-13)23-17-14(9-19)10-20-18(24-17)22-15-11-21-25(2)12-15;/h9-13,16,19H,3-8H2,1-2H3,(H2,20,22,23,24);1H. The van der Waals surface area contributed by atoms with E-state index in [0.29, 0.717) is 23.5 Å². The van der Waals surface area contributed by atoms with Crippen LogP contribution in [0.5, 0.6) is 0 Å². The van der Waals surface area contributed by atoms with Gasteiger partial charge in [0, 0.05) is 33.1 Å². The van der Waals surface area contributed by atoms with Crippen LogP contribution in [0.1, 0.15) is 52.4 Å². The van der Waals surface area contributed by atoms with Gasteiger partial charge in [-0.05, 0) is 25.2 Å². The average Bonchev–Trinajstić information content (AvgIpc) is 3.05. The Balaban J connectivity index is 0.00000243. The Morgan fingerprint density at radius 2 is 2.16 bits per heavy atom. The van der Waals surface area contributed by atoms with Crippen LogP contribution >= 0.6 is 0 Å². The van der Waals surface area contributed by atoms with Crippen LogP contribution in [0.3, 0.4) is 0 Å². The van der Waals surface area contributed by atoms with Crippen molar-refractivity contribution in [3.63, 3.8) is 0 Å². The molecule has 3 rings (SSSR count). The first-order valence-electron chi connectivity index (χ1n) is 9.09. The van der Waals surface area contributed by atoms with E-state index in [4.69, 9.17) is 5.41 Å². The lowest BCUT2D eigenvalue weighted by Crippen LogP contribution is -2.31. The Morgan fingerprint density at radius 3 is 2.80 bits per heavy atom. The summed E-state index contributed by atoms with van der Waals surface area (Å²) >= 11 is 0. The van der Waals surface area contributed by atoms with Gasteiger partial charge in [0.05, 0.1) is 17.4 Å². The van der Waals surface area contributed by atoms with E-state index in [2.05, 4.69) is 32.6 Å². The maximum Gasteiger partial charge on any atom is 0.229 e. The van der Waals surface area contributed by atoms with Crippen LogP contribution < -0.4 is 10.6 Å². The molecule has 0 spiro atoms. The molecule has 1 aliphatic rings. The van der Waals surface area contributed by atoms with E-state index in [1.807, 2.05) is 13.2 Å². The predicted molar refractivity (Wildman–Crippen MR) is 103 cm³/mol. The van der Waals surface area contributed by atoms with Gasteiger partial charge < -0.3 is 16.0 Å². The highest BCUT2D eigenvalue weighted by Gasteiger charge is 2.23. The van der Waals surface area contributed by atoms with Crippen LogP contribution in [0.2, 0.25) is 0 Å². The maximum absolute atomic E-state index is 7.65. The SMILES string of the molecule is CCC(Nc1nc(Nc2cnn(C)c2)ncc1C=N)C1CCCCC1.[HH]. The Morgan fingerprint density at radius 1 is 1.36 bits per heavy atom. The Bertz CT molecular complexity index is 709. The normalized spacial score (nSPS) is 16.4. The largest absolute Gasteiger partial charge is 0.366 e. The maximum atomic E-state index is 7.65. The molecule has 0 bridgehead atoms. The zero-order valence-corrected chi connectivity index (χ0v) is 15.0. The molecule has 1 fully saturated rings. The van der Waals surface area contributed by atoms with E-state index in [1.54, 1.807) is 17.1 Å². The highest BCUT2D eigenvalue weighted by molar-refractivity contribution is 5.84. The first kappa shape index (κ1) is 17.4. The molecular formula is C18H29N7. The molecule has 1 atom stereocenters. The Kier molecular flexibility index (Phi) is 5.63. The second-order valence-electron chi connectivity index (χ2n) is 6.73. The van der Waals surface area contributed by atoms with Crippen molar-refractivity contribution in [1.29, 1.82) is 5.41 Å². The van der Waals surface area contributed by atoms with Gasteiger partial charge in [-0.3, -0.25) is 4.68 Å². The number of hydrogen-bond acceptors (Lipinski definition) is 6. The van der Waals surface area contributed by atoms with Crippen molar-refractivity contribution >= 4 is 23.7 Å². The summed E-state index contributed by atoms with van der Waals surface area (Å²) in [5.41, 5.74) is 1.56. The fraction of sp³-hybridized carbons (Fsp3) is 0.556. The minimum atomic E-state index is 0. The molecule has 0 aliphatic heterocycles. The van der Waals surface area contributed by atoms with Gasteiger partial charge in [0.15, 0.2) is 0 Å². The van der Waals surface area contributed by atoms with Crippen molar-refractivity contribution in [1.82, 2.24) is 19.7 Å². The number of aryl methyl sites for hydroxylation is 1. The molecule has 2 aromatic rings. The molecule has 0 amide bonds. The Hall–Kier alpha value is -2.44. The van der Waals surface area contributed by atoms with Gasteiger partial charge in [0.1, 0.15) is 5.82 Å². The molecule has 0 radical (unpaired) electrons. The first-order chi connectivity index (χ1) is 12.2. The third-order valence-electron chi connectivity index (χ3n) is 4.91. The van der Waals surface area contributed by atoms with E-state index in [0.717, 1.165) is 17.9 Å². The molecule has 3 N–H and O–H groups in total. The monoisotopic (exact) mass is 343 g/mol. The summed E-state index contributed by atoms with van der Waals surface area (Å²) in [6.45, 7) is 2.21. The molecule has 2 heterocycles. The van der Waals surface area contributed by atoms with Crippen LogP contribution in [-0.4, -0.2) is 32.0 Å². The van der Waals surface area contributed by atoms with E-state index in [9.17, 15) is 0 Å². The molecule has 2 aromatic heterocycles. The molecule has 0 aromatic carbocycles. The zero-order chi connectivity index (χ0) is 17.6. The number of aromatic nitrogens is 4. The third-order valence-corrected chi connectivity index (χ3v) is 4.91. The molecule has 1 aliphatic carbocycles. The number of nitrogens with one attached hydrogen (secondary N) is 3. The van der Waals surface area contributed by atoms with Gasteiger partial charge in [-0.25, -0.2) is 4.98 Å².